The quantitative estimate of drug-likeness (QED) is 0.579. The number of cyclic esters (lactones) is 1. The van der Waals surface area contributed by atoms with Crippen LogP contribution in [0.15, 0.2) is 72.8 Å². The Labute approximate surface area is 171 Å². The van der Waals surface area contributed by atoms with Gasteiger partial charge in [-0.3, -0.25) is 0 Å². The van der Waals surface area contributed by atoms with Gasteiger partial charge in [0.05, 0.1) is 18.7 Å². The first-order valence-corrected chi connectivity index (χ1v) is 9.24. The second-order valence-corrected chi connectivity index (χ2v) is 6.89. The fraction of sp³-hybridized carbons (Fsp3) is 0.174. The summed E-state index contributed by atoms with van der Waals surface area (Å²) in [4.78, 5) is 12.0. The number of carbonyl (C=O) groups excluding carboxylic acids is 1. The van der Waals surface area contributed by atoms with Crippen molar-refractivity contribution >= 4 is 6.09 Å². The van der Waals surface area contributed by atoms with E-state index in [9.17, 15) is 18.0 Å². The standard InChI is InChI=1S/C23H18F3NO3/c1-29-17-9-5-8-16(13-17)21-20(27-22(28)30-21)15-7-4-6-14(12-15)18-10-2-3-11-19(18)23(24,25)26/h2-13,20-21H,1H3,(H,27,28)/t20-,21-/m0/s1. The molecule has 1 amide bonds. The maximum Gasteiger partial charge on any atom is 0.417 e. The summed E-state index contributed by atoms with van der Waals surface area (Å²) in [6.07, 6.45) is -5.70. The molecule has 0 spiro atoms. The number of benzene rings is 3. The molecule has 7 heteroatoms. The molecule has 0 aliphatic carbocycles. The van der Waals surface area contributed by atoms with Crippen LogP contribution in [-0.2, 0) is 10.9 Å². The Balaban J connectivity index is 1.74. The van der Waals surface area contributed by atoms with Crippen molar-refractivity contribution in [2.75, 3.05) is 7.11 Å². The van der Waals surface area contributed by atoms with Crippen molar-refractivity contribution in [2.24, 2.45) is 0 Å². The van der Waals surface area contributed by atoms with Crippen molar-refractivity contribution < 1.29 is 27.4 Å². The maximum atomic E-state index is 13.5. The summed E-state index contributed by atoms with van der Waals surface area (Å²) < 4.78 is 51.0. The predicted molar refractivity (Wildman–Crippen MR) is 105 cm³/mol. The van der Waals surface area contributed by atoms with Gasteiger partial charge in [-0.15, -0.1) is 0 Å². The molecule has 154 valence electrons. The van der Waals surface area contributed by atoms with Crippen LogP contribution in [0.3, 0.4) is 0 Å². The summed E-state index contributed by atoms with van der Waals surface area (Å²) in [5.74, 6) is 0.613. The fourth-order valence-electron chi connectivity index (χ4n) is 3.64. The summed E-state index contributed by atoms with van der Waals surface area (Å²) in [5.41, 5.74) is 1.14. The van der Waals surface area contributed by atoms with Crippen LogP contribution in [0.25, 0.3) is 11.1 Å². The zero-order valence-electron chi connectivity index (χ0n) is 15.9. The number of alkyl halides is 3. The van der Waals surface area contributed by atoms with Crippen molar-refractivity contribution in [2.45, 2.75) is 18.3 Å². The van der Waals surface area contributed by atoms with E-state index in [2.05, 4.69) is 5.32 Å². The monoisotopic (exact) mass is 413 g/mol. The van der Waals surface area contributed by atoms with E-state index in [-0.39, 0.29) is 5.56 Å². The number of amides is 1. The van der Waals surface area contributed by atoms with Crippen LogP contribution in [0, 0.1) is 0 Å². The molecule has 1 aliphatic heterocycles. The largest absolute Gasteiger partial charge is 0.497 e. The van der Waals surface area contributed by atoms with E-state index in [1.165, 1.54) is 19.2 Å². The van der Waals surface area contributed by atoms with Gasteiger partial charge in [0.25, 0.3) is 0 Å². The van der Waals surface area contributed by atoms with Gasteiger partial charge in [-0.25, -0.2) is 4.79 Å². The Morgan fingerprint density at radius 2 is 1.67 bits per heavy atom. The summed E-state index contributed by atoms with van der Waals surface area (Å²) in [6.45, 7) is 0. The van der Waals surface area contributed by atoms with Gasteiger partial charge in [0.15, 0.2) is 6.10 Å². The summed E-state index contributed by atoms with van der Waals surface area (Å²) in [5, 5.41) is 2.76. The van der Waals surface area contributed by atoms with E-state index >= 15 is 0 Å². The topological polar surface area (TPSA) is 47.6 Å². The molecule has 1 saturated heterocycles. The van der Waals surface area contributed by atoms with E-state index in [0.717, 1.165) is 11.6 Å². The van der Waals surface area contributed by atoms with Crippen LogP contribution in [0.1, 0.15) is 28.8 Å². The van der Waals surface area contributed by atoms with E-state index in [4.69, 9.17) is 9.47 Å². The average molecular weight is 413 g/mol. The highest BCUT2D eigenvalue weighted by Gasteiger charge is 2.37. The number of hydrogen-bond donors (Lipinski definition) is 1. The van der Waals surface area contributed by atoms with Crippen LogP contribution in [0.2, 0.25) is 0 Å². The lowest BCUT2D eigenvalue weighted by Crippen LogP contribution is -2.19. The molecule has 30 heavy (non-hydrogen) atoms. The summed E-state index contributed by atoms with van der Waals surface area (Å²) >= 11 is 0. The number of methoxy groups -OCH3 is 1. The molecule has 1 N–H and O–H groups in total. The molecule has 1 fully saturated rings. The highest BCUT2D eigenvalue weighted by Crippen LogP contribution is 2.41. The number of rotatable bonds is 4. The summed E-state index contributed by atoms with van der Waals surface area (Å²) in [7, 11) is 1.54. The number of hydrogen-bond acceptors (Lipinski definition) is 3. The molecule has 1 heterocycles. The lowest BCUT2D eigenvalue weighted by Gasteiger charge is -2.19. The van der Waals surface area contributed by atoms with Crippen LogP contribution >= 0.6 is 0 Å². The zero-order valence-corrected chi connectivity index (χ0v) is 15.9. The van der Waals surface area contributed by atoms with Gasteiger partial charge in [-0.2, -0.15) is 13.2 Å². The molecule has 3 aromatic rings. The molecule has 4 nitrogen and oxygen atoms in total. The maximum absolute atomic E-state index is 13.5. The van der Waals surface area contributed by atoms with Gasteiger partial charge in [-0.05, 0) is 46.5 Å². The van der Waals surface area contributed by atoms with Gasteiger partial charge in [0, 0.05) is 0 Å². The minimum absolute atomic E-state index is 0.0787. The Morgan fingerprint density at radius 1 is 0.933 bits per heavy atom. The van der Waals surface area contributed by atoms with Crippen LogP contribution in [-0.4, -0.2) is 13.2 Å². The average Bonchev–Trinajstić information content (AvgIpc) is 3.15. The van der Waals surface area contributed by atoms with Crippen molar-refractivity contribution in [1.82, 2.24) is 5.32 Å². The van der Waals surface area contributed by atoms with E-state index in [0.29, 0.717) is 16.9 Å². The lowest BCUT2D eigenvalue weighted by molar-refractivity contribution is -0.137. The molecule has 3 aromatic carbocycles. The highest BCUT2D eigenvalue weighted by atomic mass is 19.4. The molecular weight excluding hydrogens is 395 g/mol. The molecular formula is C23H18F3NO3. The van der Waals surface area contributed by atoms with Crippen molar-refractivity contribution in [3.63, 3.8) is 0 Å². The number of halogens is 3. The second-order valence-electron chi connectivity index (χ2n) is 6.89. The first-order chi connectivity index (χ1) is 14.4. The highest BCUT2D eigenvalue weighted by molar-refractivity contribution is 5.73. The Kier molecular flexibility index (Phi) is 5.11. The lowest BCUT2D eigenvalue weighted by atomic mass is 9.92. The molecule has 2 atom stereocenters. The Hall–Kier alpha value is -3.48. The Morgan fingerprint density at radius 3 is 2.43 bits per heavy atom. The zero-order chi connectivity index (χ0) is 21.3. The number of alkyl carbamates (subject to hydrolysis) is 1. The third-order valence-electron chi connectivity index (χ3n) is 5.02. The number of ether oxygens (including phenoxy) is 2. The SMILES string of the molecule is COc1cccc([C@@H]2OC(=O)N[C@H]2c2cccc(-c3ccccc3C(F)(F)F)c2)c1. The molecule has 0 saturated carbocycles. The van der Waals surface area contributed by atoms with E-state index < -0.39 is 30.0 Å². The predicted octanol–water partition coefficient (Wildman–Crippen LogP) is 5.90. The van der Waals surface area contributed by atoms with Crippen LogP contribution in [0.4, 0.5) is 18.0 Å². The normalized spacial score (nSPS) is 18.6. The van der Waals surface area contributed by atoms with Gasteiger partial charge in [-0.1, -0.05) is 48.5 Å². The molecule has 4 rings (SSSR count). The van der Waals surface area contributed by atoms with Crippen molar-refractivity contribution in [3.05, 3.63) is 89.5 Å². The van der Waals surface area contributed by atoms with Gasteiger partial charge in [0.1, 0.15) is 5.75 Å². The minimum Gasteiger partial charge on any atom is -0.497 e. The molecule has 1 aliphatic rings. The van der Waals surface area contributed by atoms with E-state index in [1.807, 2.05) is 6.07 Å². The van der Waals surface area contributed by atoms with Gasteiger partial charge >= 0.3 is 12.3 Å². The van der Waals surface area contributed by atoms with Gasteiger partial charge in [0.2, 0.25) is 0 Å². The minimum atomic E-state index is -4.47. The first-order valence-electron chi connectivity index (χ1n) is 9.24. The van der Waals surface area contributed by atoms with E-state index in [1.54, 1.807) is 48.5 Å². The molecule has 0 aromatic heterocycles. The van der Waals surface area contributed by atoms with Crippen molar-refractivity contribution in [3.8, 4) is 16.9 Å². The smallest absolute Gasteiger partial charge is 0.417 e. The first kappa shape index (κ1) is 19.8. The number of carbonyl (C=O) groups is 1. The van der Waals surface area contributed by atoms with Crippen LogP contribution < -0.4 is 10.1 Å². The molecule has 0 bridgehead atoms. The molecule has 0 unspecified atom stereocenters. The third-order valence-corrected chi connectivity index (χ3v) is 5.02. The molecule has 0 radical (unpaired) electrons. The van der Waals surface area contributed by atoms with Crippen molar-refractivity contribution in [1.29, 1.82) is 0 Å². The fourth-order valence-corrected chi connectivity index (χ4v) is 3.64. The Bertz CT molecular complexity index is 1080. The number of nitrogens with one attached hydrogen (secondary N) is 1. The third kappa shape index (κ3) is 3.83. The van der Waals surface area contributed by atoms with Gasteiger partial charge < -0.3 is 14.8 Å². The van der Waals surface area contributed by atoms with Crippen LogP contribution in [0.5, 0.6) is 5.75 Å². The summed E-state index contributed by atoms with van der Waals surface area (Å²) in [6, 6.07) is 18.7. The second kappa shape index (κ2) is 7.74.